The van der Waals surface area contributed by atoms with E-state index in [0.717, 1.165) is 0 Å². The molecule has 0 heterocycles. The first-order valence-electron chi connectivity index (χ1n) is 6.72. The van der Waals surface area contributed by atoms with Gasteiger partial charge in [-0.25, -0.2) is 4.79 Å². The number of benzene rings is 2. The molecule has 4 N–H and O–H groups in total. The highest BCUT2D eigenvalue weighted by molar-refractivity contribution is 5.91. The van der Waals surface area contributed by atoms with E-state index in [-0.39, 0.29) is 24.5 Å². The van der Waals surface area contributed by atoms with E-state index in [2.05, 4.69) is 5.32 Å². The summed E-state index contributed by atoms with van der Waals surface area (Å²) in [5.41, 5.74) is 0.300. The molecule has 2 aromatic rings. The van der Waals surface area contributed by atoms with Gasteiger partial charge in [-0.05, 0) is 30.3 Å². The highest BCUT2D eigenvalue weighted by atomic mass is 16.5. The van der Waals surface area contributed by atoms with Gasteiger partial charge < -0.3 is 25.4 Å². The zero-order chi connectivity index (χ0) is 15.9. The van der Waals surface area contributed by atoms with Gasteiger partial charge in [-0.3, -0.25) is 0 Å². The first-order valence-corrected chi connectivity index (χ1v) is 6.72. The second-order valence-corrected chi connectivity index (χ2v) is 4.70. The fourth-order valence-corrected chi connectivity index (χ4v) is 1.82. The lowest BCUT2D eigenvalue weighted by molar-refractivity contribution is 0.0694. The van der Waals surface area contributed by atoms with E-state index in [9.17, 15) is 15.0 Å². The number of nitrogens with one attached hydrogen (secondary N) is 1. The summed E-state index contributed by atoms with van der Waals surface area (Å²) in [7, 11) is 0. The molecule has 116 valence electrons. The average molecular weight is 303 g/mol. The average Bonchev–Trinajstić information content (AvgIpc) is 2.53. The Morgan fingerprint density at radius 2 is 1.91 bits per heavy atom. The number of aromatic carboxylic acids is 1. The molecule has 0 aliphatic rings. The Bertz CT molecular complexity index is 630. The Kier molecular flexibility index (Phi) is 5.21. The molecule has 6 nitrogen and oxygen atoms in total. The van der Waals surface area contributed by atoms with Gasteiger partial charge in [0.15, 0.2) is 0 Å². The summed E-state index contributed by atoms with van der Waals surface area (Å²) < 4.78 is 5.41. The van der Waals surface area contributed by atoms with Crippen LogP contribution in [-0.4, -0.2) is 40.5 Å². The SMILES string of the molecule is O=C(O)c1cc(NC[C@@H](O)COc2ccccc2)ccc1O. The molecular formula is C16H17NO5. The van der Waals surface area contributed by atoms with Gasteiger partial charge in [0.05, 0.1) is 0 Å². The number of aromatic hydroxyl groups is 1. The standard InChI is InChI=1S/C16H17NO5/c18-12(10-22-13-4-2-1-3-5-13)9-17-11-6-7-15(19)14(8-11)16(20)21/h1-8,12,17-19H,9-10H2,(H,20,21)/t12-/m1/s1. The minimum absolute atomic E-state index is 0.112. The summed E-state index contributed by atoms with van der Waals surface area (Å²) in [5.74, 6) is -0.848. The first kappa shape index (κ1) is 15.7. The van der Waals surface area contributed by atoms with Crippen LogP contribution >= 0.6 is 0 Å². The summed E-state index contributed by atoms with van der Waals surface area (Å²) in [5, 5.41) is 31.1. The van der Waals surface area contributed by atoms with Crippen LogP contribution in [0.25, 0.3) is 0 Å². The van der Waals surface area contributed by atoms with Crippen LogP contribution in [0.2, 0.25) is 0 Å². The van der Waals surface area contributed by atoms with Gasteiger partial charge in [0.25, 0.3) is 0 Å². The number of hydrogen-bond donors (Lipinski definition) is 4. The molecule has 0 saturated heterocycles. The van der Waals surface area contributed by atoms with Crippen LogP contribution in [0, 0.1) is 0 Å². The van der Waals surface area contributed by atoms with E-state index in [1.165, 1.54) is 18.2 Å². The maximum Gasteiger partial charge on any atom is 0.339 e. The Morgan fingerprint density at radius 3 is 2.59 bits per heavy atom. The maximum atomic E-state index is 10.9. The maximum absolute atomic E-state index is 10.9. The molecular weight excluding hydrogens is 286 g/mol. The third-order valence-corrected chi connectivity index (χ3v) is 2.95. The van der Waals surface area contributed by atoms with Crippen molar-refractivity contribution in [1.29, 1.82) is 0 Å². The van der Waals surface area contributed by atoms with Crippen molar-refractivity contribution in [2.75, 3.05) is 18.5 Å². The molecule has 6 heteroatoms. The third-order valence-electron chi connectivity index (χ3n) is 2.95. The third kappa shape index (κ3) is 4.39. The number of ether oxygens (including phenoxy) is 1. The zero-order valence-corrected chi connectivity index (χ0v) is 11.8. The second kappa shape index (κ2) is 7.33. The van der Waals surface area contributed by atoms with Crippen molar-refractivity contribution in [3.05, 3.63) is 54.1 Å². The van der Waals surface area contributed by atoms with E-state index in [4.69, 9.17) is 9.84 Å². The topological polar surface area (TPSA) is 99.0 Å². The van der Waals surface area contributed by atoms with Crippen molar-refractivity contribution < 1.29 is 24.9 Å². The van der Waals surface area contributed by atoms with Crippen molar-refractivity contribution in [2.24, 2.45) is 0 Å². The lowest BCUT2D eigenvalue weighted by Gasteiger charge is -2.14. The number of phenols is 1. The number of para-hydroxylation sites is 1. The van der Waals surface area contributed by atoms with Crippen molar-refractivity contribution in [1.82, 2.24) is 0 Å². The normalized spacial score (nSPS) is 11.7. The molecule has 0 saturated carbocycles. The molecule has 0 aliphatic carbocycles. The highest BCUT2D eigenvalue weighted by Crippen LogP contribution is 2.21. The predicted octanol–water partition coefficient (Wildman–Crippen LogP) is 1.94. The molecule has 0 fully saturated rings. The van der Waals surface area contributed by atoms with E-state index < -0.39 is 12.1 Å². The molecule has 0 radical (unpaired) electrons. The fourth-order valence-electron chi connectivity index (χ4n) is 1.82. The van der Waals surface area contributed by atoms with Crippen LogP contribution in [0.4, 0.5) is 5.69 Å². The van der Waals surface area contributed by atoms with Gasteiger partial charge in [-0.15, -0.1) is 0 Å². The summed E-state index contributed by atoms with van der Waals surface area (Å²) in [4.78, 5) is 10.9. The smallest absolute Gasteiger partial charge is 0.339 e. The highest BCUT2D eigenvalue weighted by Gasteiger charge is 2.11. The number of hydrogen-bond acceptors (Lipinski definition) is 5. The van der Waals surface area contributed by atoms with Gasteiger partial charge in [0.1, 0.15) is 29.8 Å². The largest absolute Gasteiger partial charge is 0.507 e. The number of aliphatic hydroxyl groups is 1. The van der Waals surface area contributed by atoms with Gasteiger partial charge in [0, 0.05) is 12.2 Å². The molecule has 0 aromatic heterocycles. The fraction of sp³-hybridized carbons (Fsp3) is 0.188. The summed E-state index contributed by atoms with van der Waals surface area (Å²) >= 11 is 0. The van der Waals surface area contributed by atoms with Gasteiger partial charge in [-0.1, -0.05) is 18.2 Å². The van der Waals surface area contributed by atoms with E-state index >= 15 is 0 Å². The van der Waals surface area contributed by atoms with Crippen LogP contribution in [0.3, 0.4) is 0 Å². The van der Waals surface area contributed by atoms with Crippen LogP contribution < -0.4 is 10.1 Å². The molecule has 1 atom stereocenters. The summed E-state index contributed by atoms with van der Waals surface area (Å²) in [6.07, 6.45) is -0.762. The van der Waals surface area contributed by atoms with Crippen molar-refractivity contribution >= 4 is 11.7 Å². The van der Waals surface area contributed by atoms with Crippen molar-refractivity contribution in [3.63, 3.8) is 0 Å². The lowest BCUT2D eigenvalue weighted by atomic mass is 10.1. The Morgan fingerprint density at radius 1 is 1.18 bits per heavy atom. The van der Waals surface area contributed by atoms with Crippen LogP contribution in [0.5, 0.6) is 11.5 Å². The number of anilines is 1. The number of carbonyl (C=O) groups is 1. The summed E-state index contributed by atoms with van der Waals surface area (Å²) in [6.45, 7) is 0.303. The predicted molar refractivity (Wildman–Crippen MR) is 81.5 cm³/mol. The minimum atomic E-state index is -1.21. The van der Waals surface area contributed by atoms with Gasteiger partial charge in [0.2, 0.25) is 0 Å². The minimum Gasteiger partial charge on any atom is -0.507 e. The number of rotatable bonds is 7. The lowest BCUT2D eigenvalue weighted by Crippen LogP contribution is -2.26. The number of carboxylic acids is 1. The van der Waals surface area contributed by atoms with Crippen LogP contribution in [0.1, 0.15) is 10.4 Å². The van der Waals surface area contributed by atoms with Crippen LogP contribution in [0.15, 0.2) is 48.5 Å². The molecule has 0 spiro atoms. The van der Waals surface area contributed by atoms with E-state index in [1.54, 1.807) is 12.1 Å². The number of carboxylic acid groups (broad SMARTS) is 1. The zero-order valence-electron chi connectivity index (χ0n) is 11.8. The Hall–Kier alpha value is -2.73. The summed E-state index contributed by atoms with van der Waals surface area (Å²) in [6, 6.07) is 13.3. The van der Waals surface area contributed by atoms with Gasteiger partial charge >= 0.3 is 5.97 Å². The Labute approximate surface area is 127 Å². The van der Waals surface area contributed by atoms with Crippen LogP contribution in [-0.2, 0) is 0 Å². The molecule has 2 aromatic carbocycles. The van der Waals surface area contributed by atoms with Crippen molar-refractivity contribution in [2.45, 2.75) is 6.10 Å². The van der Waals surface area contributed by atoms with Crippen molar-refractivity contribution in [3.8, 4) is 11.5 Å². The molecule has 2 rings (SSSR count). The molecule has 0 unspecified atom stereocenters. The second-order valence-electron chi connectivity index (χ2n) is 4.70. The van der Waals surface area contributed by atoms with E-state index in [0.29, 0.717) is 11.4 Å². The quantitative estimate of drug-likeness (QED) is 0.583. The van der Waals surface area contributed by atoms with Gasteiger partial charge in [-0.2, -0.15) is 0 Å². The van der Waals surface area contributed by atoms with E-state index in [1.807, 2.05) is 18.2 Å². The molecule has 0 bridgehead atoms. The molecule has 22 heavy (non-hydrogen) atoms. The molecule has 0 aliphatic heterocycles. The number of aliphatic hydroxyl groups excluding tert-OH is 1. The first-order chi connectivity index (χ1) is 10.6. The Balaban J connectivity index is 1.84. The molecule has 0 amide bonds. The monoisotopic (exact) mass is 303 g/mol.